The minimum Gasteiger partial charge on any atom is -0.354 e. The number of nitrogens with one attached hydrogen (secondary N) is 1. The number of thiazole rings is 1. The number of benzene rings is 1. The Hall–Kier alpha value is -1.47. The van der Waals surface area contributed by atoms with Crippen molar-refractivity contribution in [2.75, 3.05) is 5.32 Å². The second-order valence-corrected chi connectivity index (χ2v) is 5.77. The fourth-order valence-corrected chi connectivity index (χ4v) is 3.01. The maximum atomic E-state index is 4.50. The van der Waals surface area contributed by atoms with E-state index in [0.29, 0.717) is 6.54 Å². The van der Waals surface area contributed by atoms with Gasteiger partial charge in [-0.25, -0.2) is 9.97 Å². The Balaban J connectivity index is 1.78. The van der Waals surface area contributed by atoms with Crippen molar-refractivity contribution in [3.8, 4) is 0 Å². The third-order valence-corrected chi connectivity index (χ3v) is 3.86. The molecule has 1 N–H and O–H groups in total. The van der Waals surface area contributed by atoms with Gasteiger partial charge in [0.25, 0.3) is 0 Å². The summed E-state index contributed by atoms with van der Waals surface area (Å²) in [5.41, 5.74) is 1.000. The van der Waals surface area contributed by atoms with Gasteiger partial charge in [0.2, 0.25) is 0 Å². The summed E-state index contributed by atoms with van der Waals surface area (Å²) in [4.78, 5) is 8.66. The zero-order valence-electron chi connectivity index (χ0n) is 9.59. The van der Waals surface area contributed by atoms with E-state index in [1.807, 2.05) is 19.2 Å². The Kier molecular flexibility index (Phi) is 3.00. The maximum absolute atomic E-state index is 4.50. The molecule has 0 amide bonds. The van der Waals surface area contributed by atoms with Gasteiger partial charge in [-0.15, -0.1) is 0 Å². The number of anilines is 1. The highest BCUT2D eigenvalue weighted by Crippen LogP contribution is 2.28. The van der Waals surface area contributed by atoms with Gasteiger partial charge in [-0.1, -0.05) is 27.3 Å². The molecule has 0 saturated carbocycles. The van der Waals surface area contributed by atoms with Crippen LogP contribution in [0.15, 0.2) is 29.0 Å². The molecule has 3 aromatic rings. The van der Waals surface area contributed by atoms with Crippen LogP contribution in [0.2, 0.25) is 0 Å². The Morgan fingerprint density at radius 2 is 2.33 bits per heavy atom. The normalized spacial score (nSPS) is 11.0. The summed E-state index contributed by atoms with van der Waals surface area (Å²) in [6, 6.07) is 6.06. The van der Waals surface area contributed by atoms with Gasteiger partial charge in [-0.2, -0.15) is 5.10 Å². The van der Waals surface area contributed by atoms with Gasteiger partial charge in [0.05, 0.1) is 16.8 Å². The summed E-state index contributed by atoms with van der Waals surface area (Å²) < 4.78 is 3.91. The average Bonchev–Trinajstić information content (AvgIpc) is 2.92. The molecule has 1 aromatic carbocycles. The molecule has 0 radical (unpaired) electrons. The Morgan fingerprint density at radius 1 is 1.44 bits per heavy atom. The summed E-state index contributed by atoms with van der Waals surface area (Å²) in [5.74, 6) is 0.762. The van der Waals surface area contributed by atoms with E-state index in [2.05, 4.69) is 42.4 Å². The van der Waals surface area contributed by atoms with Crippen molar-refractivity contribution in [3.63, 3.8) is 0 Å². The van der Waals surface area contributed by atoms with Gasteiger partial charge in [0.1, 0.15) is 6.33 Å². The lowest BCUT2D eigenvalue weighted by molar-refractivity contribution is 0.747. The topological polar surface area (TPSA) is 55.6 Å². The summed E-state index contributed by atoms with van der Waals surface area (Å²) in [5, 5.41) is 8.33. The predicted octanol–water partition coefficient (Wildman–Crippen LogP) is 2.80. The zero-order chi connectivity index (χ0) is 12.5. The number of halogens is 1. The van der Waals surface area contributed by atoms with E-state index in [1.54, 1.807) is 22.3 Å². The van der Waals surface area contributed by atoms with Gasteiger partial charge in [0, 0.05) is 11.5 Å². The van der Waals surface area contributed by atoms with Crippen molar-refractivity contribution in [2.24, 2.45) is 7.05 Å². The largest absolute Gasteiger partial charge is 0.354 e. The van der Waals surface area contributed by atoms with E-state index in [9.17, 15) is 0 Å². The van der Waals surface area contributed by atoms with Crippen molar-refractivity contribution in [2.45, 2.75) is 6.54 Å². The highest BCUT2D eigenvalue weighted by atomic mass is 79.9. The van der Waals surface area contributed by atoms with Gasteiger partial charge in [0.15, 0.2) is 11.0 Å². The molecule has 7 heteroatoms. The molecule has 2 aromatic heterocycles. The van der Waals surface area contributed by atoms with Gasteiger partial charge in [-0.3, -0.25) is 4.68 Å². The number of nitrogens with zero attached hydrogens (tertiary/aromatic N) is 4. The van der Waals surface area contributed by atoms with Crippen LogP contribution in [0.3, 0.4) is 0 Å². The molecular formula is C11H10BrN5S. The average molecular weight is 324 g/mol. The summed E-state index contributed by atoms with van der Waals surface area (Å²) in [6.07, 6.45) is 1.69. The van der Waals surface area contributed by atoms with E-state index in [-0.39, 0.29) is 0 Å². The van der Waals surface area contributed by atoms with Crippen LogP contribution in [0.25, 0.3) is 10.2 Å². The SMILES string of the molecule is Cn1cnc(CNc2nc3ccc(Br)cc3s2)n1. The minimum absolute atomic E-state index is 0.585. The molecule has 2 heterocycles. The van der Waals surface area contributed by atoms with E-state index in [1.165, 1.54) is 0 Å². The number of rotatable bonds is 3. The van der Waals surface area contributed by atoms with Gasteiger partial charge in [-0.05, 0) is 18.2 Å². The molecule has 0 spiro atoms. The third kappa shape index (κ3) is 2.37. The number of aryl methyl sites for hydroxylation is 1. The van der Waals surface area contributed by atoms with Crippen molar-refractivity contribution in [1.29, 1.82) is 0 Å². The van der Waals surface area contributed by atoms with Crippen LogP contribution in [0.5, 0.6) is 0 Å². The third-order valence-electron chi connectivity index (χ3n) is 2.40. The van der Waals surface area contributed by atoms with E-state index in [4.69, 9.17) is 0 Å². The molecule has 0 aliphatic carbocycles. The highest BCUT2D eigenvalue weighted by molar-refractivity contribution is 9.10. The minimum atomic E-state index is 0.585. The second-order valence-electron chi connectivity index (χ2n) is 3.82. The van der Waals surface area contributed by atoms with Crippen LogP contribution in [-0.2, 0) is 13.6 Å². The first-order valence-electron chi connectivity index (χ1n) is 5.35. The molecule has 18 heavy (non-hydrogen) atoms. The fourth-order valence-electron chi connectivity index (χ4n) is 1.59. The first kappa shape index (κ1) is 11.6. The van der Waals surface area contributed by atoms with E-state index in [0.717, 1.165) is 25.6 Å². The summed E-state index contributed by atoms with van der Waals surface area (Å²) >= 11 is 5.08. The van der Waals surface area contributed by atoms with Crippen molar-refractivity contribution < 1.29 is 0 Å². The van der Waals surface area contributed by atoms with Crippen LogP contribution in [-0.4, -0.2) is 19.7 Å². The lowest BCUT2D eigenvalue weighted by Gasteiger charge is -1.96. The Bertz CT molecular complexity index is 690. The predicted molar refractivity (Wildman–Crippen MR) is 75.6 cm³/mol. The summed E-state index contributed by atoms with van der Waals surface area (Å²) in [7, 11) is 1.85. The molecule has 0 aliphatic rings. The van der Waals surface area contributed by atoms with E-state index < -0.39 is 0 Å². The molecule has 0 aliphatic heterocycles. The van der Waals surface area contributed by atoms with Gasteiger partial charge < -0.3 is 5.32 Å². The quantitative estimate of drug-likeness (QED) is 0.805. The highest BCUT2D eigenvalue weighted by Gasteiger charge is 2.05. The first-order chi connectivity index (χ1) is 8.70. The van der Waals surface area contributed by atoms with Crippen molar-refractivity contribution in [1.82, 2.24) is 19.7 Å². The molecule has 0 fully saturated rings. The lowest BCUT2D eigenvalue weighted by atomic mass is 10.3. The molecule has 0 saturated heterocycles. The Labute approximate surface area is 116 Å². The first-order valence-corrected chi connectivity index (χ1v) is 6.96. The van der Waals surface area contributed by atoms with E-state index >= 15 is 0 Å². The van der Waals surface area contributed by atoms with Crippen molar-refractivity contribution >= 4 is 42.6 Å². The monoisotopic (exact) mass is 323 g/mol. The van der Waals surface area contributed by atoms with Crippen LogP contribution >= 0.6 is 27.3 Å². The molecule has 0 unspecified atom stereocenters. The smallest absolute Gasteiger partial charge is 0.184 e. The molecule has 5 nitrogen and oxygen atoms in total. The maximum Gasteiger partial charge on any atom is 0.184 e. The zero-order valence-corrected chi connectivity index (χ0v) is 12.0. The standard InChI is InChI=1S/C11H10BrN5S/c1-17-6-14-10(16-17)5-13-11-15-8-3-2-7(12)4-9(8)18-11/h2-4,6H,5H2,1H3,(H,13,15). The number of fused-ring (bicyclic) bond motifs is 1. The van der Waals surface area contributed by atoms with Crippen LogP contribution in [0, 0.1) is 0 Å². The summed E-state index contributed by atoms with van der Waals surface area (Å²) in [6.45, 7) is 0.585. The molecule has 0 atom stereocenters. The lowest BCUT2D eigenvalue weighted by Crippen LogP contribution is -2.01. The molecule has 3 rings (SSSR count). The molecular weight excluding hydrogens is 314 g/mol. The number of hydrogen-bond acceptors (Lipinski definition) is 5. The molecule has 92 valence electrons. The second kappa shape index (κ2) is 4.66. The van der Waals surface area contributed by atoms with Crippen LogP contribution < -0.4 is 5.32 Å². The number of aromatic nitrogens is 4. The van der Waals surface area contributed by atoms with Gasteiger partial charge >= 0.3 is 0 Å². The van der Waals surface area contributed by atoms with Crippen LogP contribution in [0.1, 0.15) is 5.82 Å². The van der Waals surface area contributed by atoms with Crippen LogP contribution in [0.4, 0.5) is 5.13 Å². The molecule has 0 bridgehead atoms. The Morgan fingerprint density at radius 3 is 3.11 bits per heavy atom. The number of hydrogen-bond donors (Lipinski definition) is 1. The fraction of sp³-hybridized carbons (Fsp3) is 0.182. The van der Waals surface area contributed by atoms with Crippen molar-refractivity contribution in [3.05, 3.63) is 34.8 Å².